The van der Waals surface area contributed by atoms with Gasteiger partial charge in [0.1, 0.15) is 0 Å². The van der Waals surface area contributed by atoms with Gasteiger partial charge in [0.15, 0.2) is 16.1 Å². The van der Waals surface area contributed by atoms with Gasteiger partial charge in [-0.15, -0.1) is 0 Å². The van der Waals surface area contributed by atoms with E-state index in [4.69, 9.17) is 14.6 Å². The molecule has 0 bridgehead atoms. The van der Waals surface area contributed by atoms with Gasteiger partial charge in [-0.25, -0.2) is 8.42 Å². The molecule has 0 aromatic heterocycles. The molecule has 1 N–H and O–H groups in total. The second-order valence-corrected chi connectivity index (χ2v) is 7.54. The molecule has 2 saturated heterocycles. The Balaban J connectivity index is 1.74. The fourth-order valence-electron chi connectivity index (χ4n) is 2.64. The van der Waals surface area contributed by atoms with Gasteiger partial charge >= 0.3 is 5.97 Å². The number of aliphatic carboxylic acids is 1. The van der Waals surface area contributed by atoms with E-state index in [0.717, 1.165) is 6.42 Å². The van der Waals surface area contributed by atoms with Crippen molar-refractivity contribution >= 4 is 15.8 Å². The summed E-state index contributed by atoms with van der Waals surface area (Å²) in [4.78, 5) is 10.5. The van der Waals surface area contributed by atoms with E-state index in [9.17, 15) is 13.2 Å². The van der Waals surface area contributed by atoms with E-state index in [1.165, 1.54) is 0 Å². The minimum Gasteiger partial charge on any atom is -0.481 e. The summed E-state index contributed by atoms with van der Waals surface area (Å²) in [7, 11) is -2.90. The lowest BCUT2D eigenvalue weighted by Gasteiger charge is -2.23. The maximum absolute atomic E-state index is 11.5. The Morgan fingerprint density at radius 1 is 1.37 bits per heavy atom. The first-order chi connectivity index (χ1) is 8.94. The summed E-state index contributed by atoms with van der Waals surface area (Å²) in [6.45, 7) is 0.400. The van der Waals surface area contributed by atoms with Gasteiger partial charge in [-0.2, -0.15) is 0 Å². The van der Waals surface area contributed by atoms with Gasteiger partial charge < -0.3 is 14.6 Å². The van der Waals surface area contributed by atoms with Gasteiger partial charge in [0.05, 0.1) is 24.2 Å². The maximum Gasteiger partial charge on any atom is 0.303 e. The number of carboxylic acid groups (broad SMARTS) is 1. The molecule has 2 aliphatic heterocycles. The number of carbonyl (C=O) groups is 1. The van der Waals surface area contributed by atoms with Crippen LogP contribution in [0.1, 0.15) is 32.1 Å². The molecule has 0 saturated carbocycles. The van der Waals surface area contributed by atoms with E-state index in [1.807, 2.05) is 0 Å². The van der Waals surface area contributed by atoms with Crippen LogP contribution in [0.3, 0.4) is 0 Å². The lowest BCUT2D eigenvalue weighted by molar-refractivity contribution is -0.138. The van der Waals surface area contributed by atoms with Crippen LogP contribution in [0.2, 0.25) is 0 Å². The quantitative estimate of drug-likeness (QED) is 0.806. The van der Waals surface area contributed by atoms with Crippen LogP contribution < -0.4 is 0 Å². The average molecular weight is 292 g/mol. The van der Waals surface area contributed by atoms with E-state index in [2.05, 4.69) is 0 Å². The fourth-order valence-corrected chi connectivity index (χ4v) is 4.44. The highest BCUT2D eigenvalue weighted by atomic mass is 32.2. The van der Waals surface area contributed by atoms with Crippen LogP contribution in [-0.4, -0.2) is 50.0 Å². The third kappa shape index (κ3) is 4.74. The summed E-state index contributed by atoms with van der Waals surface area (Å²) in [5, 5.41) is 8.60. The average Bonchev–Trinajstić information content (AvgIpc) is 2.73. The number of ether oxygens (including phenoxy) is 2. The molecule has 2 aliphatic rings. The Bertz CT molecular complexity index is 418. The lowest BCUT2D eigenvalue weighted by atomic mass is 10.0. The largest absolute Gasteiger partial charge is 0.481 e. The summed E-state index contributed by atoms with van der Waals surface area (Å²) in [6.07, 6.45) is 2.14. The molecular formula is C12H20O6S. The predicted molar refractivity (Wildman–Crippen MR) is 67.5 cm³/mol. The molecule has 0 aromatic carbocycles. The van der Waals surface area contributed by atoms with Gasteiger partial charge in [0, 0.05) is 12.8 Å². The van der Waals surface area contributed by atoms with Crippen molar-refractivity contribution in [2.45, 2.75) is 44.5 Å². The van der Waals surface area contributed by atoms with Crippen molar-refractivity contribution in [2.24, 2.45) is 5.92 Å². The second kappa shape index (κ2) is 6.19. The number of hydrogen-bond acceptors (Lipinski definition) is 5. The van der Waals surface area contributed by atoms with Crippen LogP contribution in [0.5, 0.6) is 0 Å². The Kier molecular flexibility index (Phi) is 4.81. The van der Waals surface area contributed by atoms with E-state index >= 15 is 0 Å². The van der Waals surface area contributed by atoms with E-state index in [0.29, 0.717) is 25.9 Å². The van der Waals surface area contributed by atoms with Crippen molar-refractivity contribution in [1.29, 1.82) is 0 Å². The molecule has 6 nitrogen and oxygen atoms in total. The first-order valence-electron chi connectivity index (χ1n) is 6.64. The molecule has 0 amide bonds. The molecule has 2 rings (SSSR count). The van der Waals surface area contributed by atoms with E-state index in [-0.39, 0.29) is 36.2 Å². The molecule has 3 unspecified atom stereocenters. The molecule has 2 fully saturated rings. The summed E-state index contributed by atoms with van der Waals surface area (Å²) in [5.41, 5.74) is 0. The van der Waals surface area contributed by atoms with Crippen LogP contribution in [0.25, 0.3) is 0 Å². The SMILES string of the molecule is O=C(O)CCC1COC(CC2CCCS(=O)(=O)C2)O1. The lowest BCUT2D eigenvalue weighted by Crippen LogP contribution is -2.28. The van der Waals surface area contributed by atoms with Gasteiger partial charge in [0.25, 0.3) is 0 Å². The van der Waals surface area contributed by atoms with Crippen molar-refractivity contribution in [3.63, 3.8) is 0 Å². The zero-order valence-corrected chi connectivity index (χ0v) is 11.6. The third-order valence-corrected chi connectivity index (χ3v) is 5.47. The number of sulfone groups is 1. The van der Waals surface area contributed by atoms with E-state index < -0.39 is 15.8 Å². The predicted octanol–water partition coefficient (Wildman–Crippen LogP) is 0.808. The van der Waals surface area contributed by atoms with Crippen LogP contribution >= 0.6 is 0 Å². The molecule has 0 aliphatic carbocycles. The molecule has 2 heterocycles. The molecule has 3 atom stereocenters. The summed E-state index contributed by atoms with van der Waals surface area (Å²) < 4.78 is 34.1. The summed E-state index contributed by atoms with van der Waals surface area (Å²) in [5.74, 6) is -0.236. The summed E-state index contributed by atoms with van der Waals surface area (Å²) in [6, 6.07) is 0. The highest BCUT2D eigenvalue weighted by molar-refractivity contribution is 7.91. The van der Waals surface area contributed by atoms with Crippen LogP contribution in [-0.2, 0) is 24.1 Å². The first kappa shape index (κ1) is 14.7. The smallest absolute Gasteiger partial charge is 0.303 e. The highest BCUT2D eigenvalue weighted by Gasteiger charge is 2.32. The Labute approximate surface area is 113 Å². The normalized spacial score (nSPS) is 34.2. The van der Waals surface area contributed by atoms with E-state index in [1.54, 1.807) is 0 Å². The Morgan fingerprint density at radius 3 is 2.84 bits per heavy atom. The van der Waals surface area contributed by atoms with Crippen molar-refractivity contribution in [3.05, 3.63) is 0 Å². The standard InChI is InChI=1S/C12H20O6S/c13-11(14)4-3-10-7-17-12(18-10)6-9-2-1-5-19(15,16)8-9/h9-10,12H,1-8H2,(H,13,14). The van der Waals surface area contributed by atoms with Crippen molar-refractivity contribution < 1.29 is 27.8 Å². The van der Waals surface area contributed by atoms with Gasteiger partial charge in [-0.1, -0.05) is 0 Å². The van der Waals surface area contributed by atoms with Gasteiger partial charge in [0.2, 0.25) is 0 Å². The number of rotatable bonds is 5. The van der Waals surface area contributed by atoms with Crippen molar-refractivity contribution in [2.75, 3.05) is 18.1 Å². The molecule has 7 heteroatoms. The van der Waals surface area contributed by atoms with Crippen LogP contribution in [0, 0.1) is 5.92 Å². The van der Waals surface area contributed by atoms with Crippen LogP contribution in [0.15, 0.2) is 0 Å². The van der Waals surface area contributed by atoms with Crippen molar-refractivity contribution in [1.82, 2.24) is 0 Å². The highest BCUT2D eigenvalue weighted by Crippen LogP contribution is 2.27. The van der Waals surface area contributed by atoms with Crippen molar-refractivity contribution in [3.8, 4) is 0 Å². The Hall–Kier alpha value is -0.660. The molecule has 110 valence electrons. The maximum atomic E-state index is 11.5. The minimum atomic E-state index is -2.90. The molecule has 0 radical (unpaired) electrons. The monoisotopic (exact) mass is 292 g/mol. The third-order valence-electron chi connectivity index (χ3n) is 3.58. The van der Waals surface area contributed by atoms with Gasteiger partial charge in [-0.05, 0) is 25.2 Å². The number of carboxylic acids is 1. The summed E-state index contributed by atoms with van der Waals surface area (Å²) >= 11 is 0. The molecule has 0 aromatic rings. The Morgan fingerprint density at radius 2 is 2.16 bits per heavy atom. The molecular weight excluding hydrogens is 272 g/mol. The minimum absolute atomic E-state index is 0.0680. The number of hydrogen-bond donors (Lipinski definition) is 1. The molecule has 0 spiro atoms. The first-order valence-corrected chi connectivity index (χ1v) is 8.46. The van der Waals surface area contributed by atoms with Gasteiger partial charge in [-0.3, -0.25) is 4.79 Å². The zero-order chi connectivity index (χ0) is 13.9. The second-order valence-electron chi connectivity index (χ2n) is 5.31. The molecule has 19 heavy (non-hydrogen) atoms. The fraction of sp³-hybridized carbons (Fsp3) is 0.917. The topological polar surface area (TPSA) is 89.9 Å². The zero-order valence-electron chi connectivity index (χ0n) is 10.8. The van der Waals surface area contributed by atoms with Crippen LogP contribution in [0.4, 0.5) is 0 Å².